The Kier molecular flexibility index (Phi) is 3.96. The summed E-state index contributed by atoms with van der Waals surface area (Å²) >= 11 is 0. The number of rotatable bonds is 0. The van der Waals surface area contributed by atoms with Gasteiger partial charge in [-0.2, -0.15) is 0 Å². The Morgan fingerprint density at radius 2 is 1.57 bits per heavy atom. The number of hydrogen-bond donors (Lipinski definition) is 1. The van der Waals surface area contributed by atoms with Crippen molar-refractivity contribution in [2.24, 2.45) is 5.73 Å². The van der Waals surface area contributed by atoms with Crippen molar-refractivity contribution in [1.29, 1.82) is 0 Å². The fraction of sp³-hybridized carbons (Fsp3) is 1.00. The molecule has 1 aliphatic carbocycles. The van der Waals surface area contributed by atoms with Gasteiger partial charge in [-0.25, -0.2) is 0 Å². The first-order chi connectivity index (χ1) is 2.89. The molecule has 0 aromatic heterocycles. The molecule has 1 fully saturated rings. The molecule has 0 unspecified atom stereocenters. The Labute approximate surface area is 58.9 Å². The van der Waals surface area contributed by atoms with E-state index in [0.717, 1.165) is 0 Å². The summed E-state index contributed by atoms with van der Waals surface area (Å²) in [6, 6.07) is 0.546. The minimum Gasteiger partial charge on any atom is -0.328 e. The van der Waals surface area contributed by atoms with Gasteiger partial charge in [0.05, 0.1) is 0 Å². The molecule has 0 atom stereocenters. The van der Waals surface area contributed by atoms with Crippen LogP contribution in [0.3, 0.4) is 0 Å². The maximum absolute atomic E-state index is 5.53. The van der Waals surface area contributed by atoms with Gasteiger partial charge in [-0.3, -0.25) is 0 Å². The van der Waals surface area contributed by atoms with Crippen molar-refractivity contribution >= 4 is 0 Å². The molecular weight excluding hydrogens is 269 g/mol. The maximum atomic E-state index is 5.53. The van der Waals surface area contributed by atoms with E-state index in [1.165, 1.54) is 25.7 Å². The van der Waals surface area contributed by atoms with Crippen molar-refractivity contribution in [2.45, 2.75) is 31.7 Å². The largest absolute Gasteiger partial charge is 2.00 e. The van der Waals surface area contributed by atoms with Crippen LogP contribution in [0.25, 0.3) is 0 Å². The summed E-state index contributed by atoms with van der Waals surface area (Å²) in [5.74, 6) is 0. The van der Waals surface area contributed by atoms with E-state index in [2.05, 4.69) is 0 Å². The van der Waals surface area contributed by atoms with Crippen LogP contribution in [0.4, 0.5) is 0 Å². The second-order valence-electron chi connectivity index (χ2n) is 2.04. The molecule has 2 N–H and O–H groups in total. The Hall–Kier alpha value is 0.648. The van der Waals surface area contributed by atoms with Crippen LogP contribution in [0.5, 0.6) is 0 Å². The Balaban J connectivity index is 0.000000360. The van der Waals surface area contributed by atoms with Gasteiger partial charge >= 0.3 is 21.1 Å². The van der Waals surface area contributed by atoms with Gasteiger partial charge in [-0.05, 0) is 12.8 Å². The van der Waals surface area contributed by atoms with E-state index < -0.39 is 0 Å². The minimum absolute atomic E-state index is 0. The molecule has 1 aliphatic rings. The summed E-state index contributed by atoms with van der Waals surface area (Å²) in [4.78, 5) is 0. The van der Waals surface area contributed by atoms with Crippen molar-refractivity contribution in [3.63, 3.8) is 0 Å². The third kappa shape index (κ3) is 2.46. The monoisotopic (exact) mass is 280 g/mol. The van der Waals surface area contributed by atoms with Gasteiger partial charge < -0.3 is 5.73 Å². The summed E-state index contributed by atoms with van der Waals surface area (Å²) in [5, 5.41) is 0. The van der Waals surface area contributed by atoms with Crippen molar-refractivity contribution in [2.75, 3.05) is 0 Å². The molecule has 0 aromatic carbocycles. The molecular formula is C5H11NPt+2. The van der Waals surface area contributed by atoms with Crippen LogP contribution in [0.1, 0.15) is 25.7 Å². The molecule has 0 radical (unpaired) electrons. The molecule has 0 heterocycles. The average Bonchev–Trinajstić information content (AvgIpc) is 1.86. The van der Waals surface area contributed by atoms with Gasteiger partial charge in [0, 0.05) is 6.04 Å². The summed E-state index contributed by atoms with van der Waals surface area (Å²) in [7, 11) is 0. The zero-order valence-corrected chi connectivity index (χ0v) is 6.57. The first kappa shape index (κ1) is 7.65. The van der Waals surface area contributed by atoms with Crippen molar-refractivity contribution in [1.82, 2.24) is 0 Å². The van der Waals surface area contributed by atoms with E-state index in [1.807, 2.05) is 0 Å². The second kappa shape index (κ2) is 3.63. The molecule has 1 saturated carbocycles. The maximum Gasteiger partial charge on any atom is 2.00 e. The van der Waals surface area contributed by atoms with Gasteiger partial charge in [0.15, 0.2) is 0 Å². The van der Waals surface area contributed by atoms with Crippen LogP contribution in [0.15, 0.2) is 0 Å². The van der Waals surface area contributed by atoms with E-state index in [4.69, 9.17) is 5.73 Å². The third-order valence-corrected chi connectivity index (χ3v) is 1.40. The van der Waals surface area contributed by atoms with Crippen molar-refractivity contribution in [3.8, 4) is 0 Å². The van der Waals surface area contributed by atoms with Crippen LogP contribution in [0.2, 0.25) is 0 Å². The first-order valence-corrected chi connectivity index (χ1v) is 2.65. The standard InChI is InChI=1S/C5H11N.Pt/c6-5-3-1-2-4-5;/h5H,1-4,6H2;/q;+2. The molecule has 0 bridgehead atoms. The molecule has 0 spiro atoms. The fourth-order valence-corrected chi connectivity index (χ4v) is 0.957. The molecule has 0 aliphatic heterocycles. The molecule has 0 amide bonds. The molecule has 2 heteroatoms. The SMILES string of the molecule is NC1CCCC1.[Pt+2]. The summed E-state index contributed by atoms with van der Waals surface area (Å²) < 4.78 is 0. The zero-order chi connectivity index (χ0) is 4.41. The van der Waals surface area contributed by atoms with Gasteiger partial charge in [-0.15, -0.1) is 0 Å². The third-order valence-electron chi connectivity index (χ3n) is 1.40. The van der Waals surface area contributed by atoms with Crippen LogP contribution < -0.4 is 5.73 Å². The Bertz CT molecular complexity index is 41.3. The summed E-state index contributed by atoms with van der Waals surface area (Å²) in [6.07, 6.45) is 5.25. The molecule has 7 heavy (non-hydrogen) atoms. The van der Waals surface area contributed by atoms with Crippen LogP contribution in [-0.4, -0.2) is 6.04 Å². The Morgan fingerprint density at radius 3 is 1.71 bits per heavy atom. The van der Waals surface area contributed by atoms with E-state index >= 15 is 0 Å². The molecule has 44 valence electrons. The quantitative estimate of drug-likeness (QED) is 0.700. The smallest absolute Gasteiger partial charge is 0.328 e. The molecule has 0 saturated heterocycles. The number of nitrogens with two attached hydrogens (primary N) is 1. The minimum atomic E-state index is 0. The van der Waals surface area contributed by atoms with Crippen LogP contribution in [0, 0.1) is 0 Å². The first-order valence-electron chi connectivity index (χ1n) is 2.65. The molecule has 0 aromatic rings. The van der Waals surface area contributed by atoms with E-state index in [0.29, 0.717) is 6.04 Å². The van der Waals surface area contributed by atoms with Gasteiger partial charge in [0.25, 0.3) is 0 Å². The average molecular weight is 280 g/mol. The summed E-state index contributed by atoms with van der Waals surface area (Å²) in [6.45, 7) is 0. The number of hydrogen-bond acceptors (Lipinski definition) is 1. The zero-order valence-electron chi connectivity index (χ0n) is 4.30. The van der Waals surface area contributed by atoms with E-state index in [-0.39, 0.29) is 21.1 Å². The van der Waals surface area contributed by atoms with Gasteiger partial charge in [0.1, 0.15) is 0 Å². The normalized spacial score (nSPS) is 21.9. The second-order valence-corrected chi connectivity index (χ2v) is 2.04. The topological polar surface area (TPSA) is 26.0 Å². The van der Waals surface area contributed by atoms with Gasteiger partial charge in [0.2, 0.25) is 0 Å². The van der Waals surface area contributed by atoms with Crippen LogP contribution in [-0.2, 0) is 21.1 Å². The summed E-state index contributed by atoms with van der Waals surface area (Å²) in [5.41, 5.74) is 5.53. The molecule has 1 nitrogen and oxygen atoms in total. The van der Waals surface area contributed by atoms with Crippen LogP contribution >= 0.6 is 0 Å². The van der Waals surface area contributed by atoms with E-state index in [9.17, 15) is 0 Å². The predicted molar refractivity (Wildman–Crippen MR) is 26.4 cm³/mol. The molecule has 1 rings (SSSR count). The fourth-order valence-electron chi connectivity index (χ4n) is 0.957. The van der Waals surface area contributed by atoms with E-state index in [1.54, 1.807) is 0 Å². The Morgan fingerprint density at radius 1 is 1.14 bits per heavy atom. The van der Waals surface area contributed by atoms with Crippen molar-refractivity contribution in [3.05, 3.63) is 0 Å². The predicted octanol–water partition coefficient (Wildman–Crippen LogP) is 0.885. The van der Waals surface area contributed by atoms with Gasteiger partial charge in [-0.1, -0.05) is 12.8 Å². The van der Waals surface area contributed by atoms with Crippen molar-refractivity contribution < 1.29 is 21.1 Å².